The molecule has 0 bridgehead atoms. The van der Waals surface area contributed by atoms with Crippen molar-refractivity contribution in [1.29, 1.82) is 0 Å². The van der Waals surface area contributed by atoms with E-state index < -0.39 is 10.0 Å². The van der Waals surface area contributed by atoms with E-state index in [0.29, 0.717) is 24.1 Å². The summed E-state index contributed by atoms with van der Waals surface area (Å²) in [6, 6.07) is 5.25. The summed E-state index contributed by atoms with van der Waals surface area (Å²) >= 11 is 0. The fourth-order valence-corrected chi connectivity index (χ4v) is 5.66. The number of ether oxygens (including phenoxy) is 2. The molecule has 0 spiro atoms. The summed E-state index contributed by atoms with van der Waals surface area (Å²) < 4.78 is 40.8. The predicted octanol–water partition coefficient (Wildman–Crippen LogP) is 2.42. The van der Waals surface area contributed by atoms with Gasteiger partial charge in [0.15, 0.2) is 11.5 Å². The van der Waals surface area contributed by atoms with Crippen LogP contribution in [0.4, 0.5) is 0 Å². The Kier molecular flexibility index (Phi) is 5.29. The van der Waals surface area contributed by atoms with Crippen LogP contribution in [0.25, 0.3) is 0 Å². The van der Waals surface area contributed by atoms with Crippen LogP contribution in [0.1, 0.15) is 44.0 Å². The van der Waals surface area contributed by atoms with Gasteiger partial charge < -0.3 is 14.0 Å². The SMILES string of the molecule is COc1ccc(S(=O)(=O)N2CCCC2CCc2nncn2C2CC2)cc1OC. The first-order valence-electron chi connectivity index (χ1n) is 9.67. The zero-order chi connectivity index (χ0) is 19.7. The summed E-state index contributed by atoms with van der Waals surface area (Å²) in [5.41, 5.74) is 0. The minimum absolute atomic E-state index is 0.0255. The fraction of sp³-hybridized carbons (Fsp3) is 0.579. The molecule has 1 aliphatic heterocycles. The molecular weight excluding hydrogens is 380 g/mol. The van der Waals surface area contributed by atoms with E-state index in [0.717, 1.165) is 31.5 Å². The zero-order valence-electron chi connectivity index (χ0n) is 16.2. The van der Waals surface area contributed by atoms with E-state index in [9.17, 15) is 8.42 Å². The monoisotopic (exact) mass is 406 g/mol. The first-order valence-corrected chi connectivity index (χ1v) is 11.1. The van der Waals surface area contributed by atoms with Crippen LogP contribution in [-0.2, 0) is 16.4 Å². The maximum Gasteiger partial charge on any atom is 0.243 e. The largest absolute Gasteiger partial charge is 0.493 e. The van der Waals surface area contributed by atoms with E-state index in [1.807, 2.05) is 0 Å². The number of benzene rings is 1. The van der Waals surface area contributed by atoms with Crippen molar-refractivity contribution >= 4 is 10.0 Å². The fourth-order valence-electron chi connectivity index (χ4n) is 3.93. The lowest BCUT2D eigenvalue weighted by Crippen LogP contribution is -2.36. The van der Waals surface area contributed by atoms with Gasteiger partial charge in [-0.25, -0.2) is 8.42 Å². The van der Waals surface area contributed by atoms with Crippen LogP contribution >= 0.6 is 0 Å². The Balaban J connectivity index is 1.51. The van der Waals surface area contributed by atoms with E-state index in [1.54, 1.807) is 22.8 Å². The molecule has 0 amide bonds. The Morgan fingerprint density at radius 1 is 1.14 bits per heavy atom. The molecule has 9 heteroatoms. The molecule has 1 saturated heterocycles. The second-order valence-electron chi connectivity index (χ2n) is 7.35. The summed E-state index contributed by atoms with van der Waals surface area (Å²) in [5, 5.41) is 8.27. The van der Waals surface area contributed by atoms with Crippen molar-refractivity contribution in [2.24, 2.45) is 0 Å². The Bertz CT molecular complexity index is 939. The van der Waals surface area contributed by atoms with Crippen molar-refractivity contribution in [2.75, 3.05) is 20.8 Å². The van der Waals surface area contributed by atoms with Gasteiger partial charge in [0.2, 0.25) is 10.0 Å². The van der Waals surface area contributed by atoms with Gasteiger partial charge in [-0.3, -0.25) is 0 Å². The maximum atomic E-state index is 13.3. The summed E-state index contributed by atoms with van der Waals surface area (Å²) in [7, 11) is -0.562. The zero-order valence-corrected chi connectivity index (χ0v) is 17.1. The number of hydrogen-bond donors (Lipinski definition) is 0. The van der Waals surface area contributed by atoms with E-state index in [2.05, 4.69) is 14.8 Å². The average molecular weight is 407 g/mol. The summed E-state index contributed by atoms with van der Waals surface area (Å²) in [6.07, 6.45) is 7.36. The van der Waals surface area contributed by atoms with Gasteiger partial charge >= 0.3 is 0 Å². The highest BCUT2D eigenvalue weighted by molar-refractivity contribution is 7.89. The topological polar surface area (TPSA) is 86.6 Å². The number of sulfonamides is 1. The first kappa shape index (κ1) is 19.2. The number of aromatic nitrogens is 3. The van der Waals surface area contributed by atoms with Crippen molar-refractivity contribution in [3.63, 3.8) is 0 Å². The number of hydrogen-bond acceptors (Lipinski definition) is 6. The lowest BCUT2D eigenvalue weighted by molar-refractivity contribution is 0.352. The van der Waals surface area contributed by atoms with Gasteiger partial charge in [0.1, 0.15) is 12.2 Å². The van der Waals surface area contributed by atoms with Crippen LogP contribution in [-0.4, -0.2) is 54.3 Å². The van der Waals surface area contributed by atoms with Crippen molar-refractivity contribution in [1.82, 2.24) is 19.1 Å². The third-order valence-corrected chi connectivity index (χ3v) is 7.52. The molecule has 8 nitrogen and oxygen atoms in total. The van der Waals surface area contributed by atoms with Crippen LogP contribution < -0.4 is 9.47 Å². The number of rotatable bonds is 8. The highest BCUT2D eigenvalue weighted by Gasteiger charge is 2.36. The highest BCUT2D eigenvalue weighted by Crippen LogP contribution is 2.36. The van der Waals surface area contributed by atoms with Gasteiger partial charge in [0, 0.05) is 31.1 Å². The van der Waals surface area contributed by atoms with Gasteiger partial charge in [-0.1, -0.05) is 0 Å². The second-order valence-corrected chi connectivity index (χ2v) is 9.24. The minimum atomic E-state index is -3.60. The van der Waals surface area contributed by atoms with Gasteiger partial charge in [0.05, 0.1) is 19.1 Å². The molecule has 2 heterocycles. The molecule has 28 heavy (non-hydrogen) atoms. The highest BCUT2D eigenvalue weighted by atomic mass is 32.2. The molecule has 152 valence electrons. The van der Waals surface area contributed by atoms with Crippen LogP contribution in [0.3, 0.4) is 0 Å². The van der Waals surface area contributed by atoms with Crippen LogP contribution in [0.2, 0.25) is 0 Å². The van der Waals surface area contributed by atoms with Gasteiger partial charge in [-0.05, 0) is 44.2 Å². The van der Waals surface area contributed by atoms with E-state index in [4.69, 9.17) is 9.47 Å². The summed E-state index contributed by atoms with van der Waals surface area (Å²) in [4.78, 5) is 0.234. The molecule has 2 fully saturated rings. The van der Waals surface area contributed by atoms with Crippen molar-refractivity contribution < 1.29 is 17.9 Å². The normalized spacial score (nSPS) is 20.4. The Morgan fingerprint density at radius 3 is 2.64 bits per heavy atom. The molecule has 1 aliphatic carbocycles. The number of nitrogens with zero attached hydrogens (tertiary/aromatic N) is 4. The van der Waals surface area contributed by atoms with E-state index in [1.165, 1.54) is 33.1 Å². The Morgan fingerprint density at radius 2 is 1.93 bits per heavy atom. The van der Waals surface area contributed by atoms with Gasteiger partial charge in [0.25, 0.3) is 0 Å². The van der Waals surface area contributed by atoms with Crippen molar-refractivity contribution in [2.45, 2.75) is 55.5 Å². The third-order valence-electron chi connectivity index (χ3n) is 5.57. The molecule has 2 aliphatic rings. The molecule has 1 aromatic carbocycles. The average Bonchev–Trinajstić information content (AvgIpc) is 3.24. The molecule has 1 saturated carbocycles. The molecule has 0 radical (unpaired) electrons. The van der Waals surface area contributed by atoms with E-state index >= 15 is 0 Å². The third kappa shape index (κ3) is 3.60. The van der Waals surface area contributed by atoms with Crippen LogP contribution in [0, 0.1) is 0 Å². The molecule has 4 rings (SSSR count). The molecule has 1 atom stereocenters. The molecule has 0 N–H and O–H groups in total. The predicted molar refractivity (Wildman–Crippen MR) is 103 cm³/mol. The Hall–Kier alpha value is -2.13. The van der Waals surface area contributed by atoms with Gasteiger partial charge in [-0.15, -0.1) is 10.2 Å². The van der Waals surface area contributed by atoms with Crippen LogP contribution in [0.15, 0.2) is 29.4 Å². The van der Waals surface area contributed by atoms with Gasteiger partial charge in [-0.2, -0.15) is 4.31 Å². The van der Waals surface area contributed by atoms with Crippen molar-refractivity contribution in [3.8, 4) is 11.5 Å². The lowest BCUT2D eigenvalue weighted by Gasteiger charge is -2.24. The molecular formula is C19H26N4O4S. The van der Waals surface area contributed by atoms with Crippen molar-refractivity contribution in [3.05, 3.63) is 30.4 Å². The summed E-state index contributed by atoms with van der Waals surface area (Å²) in [5.74, 6) is 1.88. The summed E-state index contributed by atoms with van der Waals surface area (Å²) in [6.45, 7) is 0.538. The molecule has 1 unspecified atom stereocenters. The molecule has 2 aromatic rings. The maximum absolute atomic E-state index is 13.3. The molecule has 1 aromatic heterocycles. The second kappa shape index (κ2) is 7.71. The first-order chi connectivity index (χ1) is 13.5. The number of aryl methyl sites for hydroxylation is 1. The minimum Gasteiger partial charge on any atom is -0.493 e. The smallest absolute Gasteiger partial charge is 0.243 e. The standard InChI is InChI=1S/C19H26N4O4S/c1-26-17-9-8-16(12-18(17)27-2)28(24,25)23-11-3-4-15(23)7-10-19-21-20-13-22(19)14-5-6-14/h8-9,12-15H,3-7,10-11H2,1-2H3. The van der Waals surface area contributed by atoms with E-state index in [-0.39, 0.29) is 10.9 Å². The van der Waals surface area contributed by atoms with Crippen LogP contribution in [0.5, 0.6) is 11.5 Å². The Labute approximate surface area is 165 Å². The lowest BCUT2D eigenvalue weighted by atomic mass is 10.1. The quantitative estimate of drug-likeness (QED) is 0.669. The number of methoxy groups -OCH3 is 2.